The fourth-order valence-electron chi connectivity index (χ4n) is 2.08. The highest BCUT2D eigenvalue weighted by Crippen LogP contribution is 2.35. The zero-order valence-corrected chi connectivity index (χ0v) is 11.4. The molecule has 0 aliphatic rings. The summed E-state index contributed by atoms with van der Waals surface area (Å²) >= 11 is 0. The van der Waals surface area contributed by atoms with E-state index in [1.54, 1.807) is 18.3 Å². The third kappa shape index (κ3) is 2.97. The van der Waals surface area contributed by atoms with Crippen LogP contribution in [0.25, 0.3) is 11.1 Å². The van der Waals surface area contributed by atoms with Gasteiger partial charge in [0.25, 0.3) is 0 Å². The summed E-state index contributed by atoms with van der Waals surface area (Å²) in [5, 5.41) is 11.1. The van der Waals surface area contributed by atoms with Gasteiger partial charge in [0.2, 0.25) is 0 Å². The van der Waals surface area contributed by atoms with Crippen LogP contribution in [0.15, 0.2) is 30.5 Å². The summed E-state index contributed by atoms with van der Waals surface area (Å²) in [5.74, 6) is -0.728. The third-order valence-corrected chi connectivity index (χ3v) is 3.03. The average molecular weight is 291 g/mol. The summed E-state index contributed by atoms with van der Waals surface area (Å²) < 4.78 is 19.1. The van der Waals surface area contributed by atoms with Crippen molar-refractivity contribution in [2.24, 2.45) is 5.73 Å². The van der Waals surface area contributed by atoms with Gasteiger partial charge in [0.05, 0.1) is 12.0 Å². The Labute approximate surface area is 120 Å². The maximum atomic E-state index is 14.2. The number of aromatic nitrogens is 1. The van der Waals surface area contributed by atoms with Gasteiger partial charge in [-0.3, -0.25) is 15.1 Å². The maximum Gasteiger partial charge on any atom is 0.311 e. The van der Waals surface area contributed by atoms with Crippen LogP contribution in [0.4, 0.5) is 10.1 Å². The number of hydrogen-bond acceptors (Lipinski definition) is 5. The van der Waals surface area contributed by atoms with E-state index in [9.17, 15) is 14.5 Å². The quantitative estimate of drug-likeness (QED) is 0.674. The third-order valence-electron chi connectivity index (χ3n) is 3.03. The molecular formula is C14H14FN3O3. The molecule has 0 bridgehead atoms. The van der Waals surface area contributed by atoms with E-state index in [-0.39, 0.29) is 17.0 Å². The average Bonchev–Trinajstić information content (AvgIpc) is 2.47. The minimum absolute atomic E-state index is 0.110. The number of pyridine rings is 1. The van der Waals surface area contributed by atoms with Crippen LogP contribution in [-0.2, 0) is 6.42 Å². The predicted molar refractivity (Wildman–Crippen MR) is 75.6 cm³/mol. The highest BCUT2D eigenvalue weighted by atomic mass is 19.1. The molecule has 0 saturated heterocycles. The minimum atomic E-state index is -0.610. The van der Waals surface area contributed by atoms with E-state index in [0.717, 1.165) is 12.1 Å². The van der Waals surface area contributed by atoms with Crippen molar-refractivity contribution < 1.29 is 14.1 Å². The van der Waals surface area contributed by atoms with Crippen LogP contribution < -0.4 is 10.5 Å². The van der Waals surface area contributed by atoms with Crippen molar-refractivity contribution in [3.8, 4) is 16.9 Å². The molecule has 0 unspecified atom stereocenters. The molecule has 0 fully saturated rings. The number of ether oxygens (including phenoxy) is 1. The number of nitrogens with two attached hydrogens (primary N) is 1. The summed E-state index contributed by atoms with van der Waals surface area (Å²) in [5.41, 5.74) is 6.41. The van der Waals surface area contributed by atoms with Crippen molar-refractivity contribution >= 4 is 5.69 Å². The van der Waals surface area contributed by atoms with Crippen LogP contribution in [0.3, 0.4) is 0 Å². The first kappa shape index (κ1) is 14.9. The lowest BCUT2D eigenvalue weighted by Gasteiger charge is -2.10. The molecule has 21 heavy (non-hydrogen) atoms. The van der Waals surface area contributed by atoms with Gasteiger partial charge in [0.15, 0.2) is 5.75 Å². The second-order valence-corrected chi connectivity index (χ2v) is 4.30. The number of benzene rings is 1. The number of nitrogens with zero attached hydrogens (tertiary/aromatic N) is 2. The number of hydrogen-bond donors (Lipinski definition) is 1. The summed E-state index contributed by atoms with van der Waals surface area (Å²) in [4.78, 5) is 14.6. The largest absolute Gasteiger partial charge is 0.490 e. The van der Waals surface area contributed by atoms with Crippen molar-refractivity contribution in [1.29, 1.82) is 0 Å². The van der Waals surface area contributed by atoms with Crippen LogP contribution in [0, 0.1) is 15.9 Å². The normalized spacial score (nSPS) is 10.4. The highest BCUT2D eigenvalue weighted by Gasteiger charge is 2.21. The topological polar surface area (TPSA) is 91.3 Å². The molecule has 2 N–H and O–H groups in total. The first-order valence-electron chi connectivity index (χ1n) is 6.24. The summed E-state index contributed by atoms with van der Waals surface area (Å²) in [6.07, 6.45) is 2.03. The smallest absolute Gasteiger partial charge is 0.311 e. The SMILES string of the molecule is COc1cc(F)c(-c2cccnc2CCN)cc1[N+](=O)[O-]. The monoisotopic (exact) mass is 291 g/mol. The Morgan fingerprint density at radius 3 is 2.81 bits per heavy atom. The van der Waals surface area contributed by atoms with Gasteiger partial charge in [-0.1, -0.05) is 6.07 Å². The maximum absolute atomic E-state index is 14.2. The molecule has 2 rings (SSSR count). The molecule has 0 spiro atoms. The lowest BCUT2D eigenvalue weighted by atomic mass is 10.0. The van der Waals surface area contributed by atoms with Gasteiger partial charge in [0, 0.05) is 41.6 Å². The van der Waals surface area contributed by atoms with Crippen LogP contribution in [0.1, 0.15) is 5.69 Å². The molecule has 0 saturated carbocycles. The lowest BCUT2D eigenvalue weighted by Crippen LogP contribution is -2.06. The van der Waals surface area contributed by atoms with E-state index in [2.05, 4.69) is 4.98 Å². The van der Waals surface area contributed by atoms with Crippen molar-refractivity contribution in [3.63, 3.8) is 0 Å². The number of halogens is 1. The van der Waals surface area contributed by atoms with Gasteiger partial charge in [0.1, 0.15) is 5.82 Å². The van der Waals surface area contributed by atoms with Gasteiger partial charge in [-0.25, -0.2) is 4.39 Å². The molecule has 0 aliphatic carbocycles. The van der Waals surface area contributed by atoms with Gasteiger partial charge >= 0.3 is 5.69 Å². The second kappa shape index (κ2) is 6.27. The molecule has 0 amide bonds. The van der Waals surface area contributed by atoms with Crippen molar-refractivity contribution in [3.05, 3.63) is 52.1 Å². The first-order valence-corrected chi connectivity index (χ1v) is 6.24. The fourth-order valence-corrected chi connectivity index (χ4v) is 2.08. The minimum Gasteiger partial charge on any atom is -0.490 e. The first-order chi connectivity index (χ1) is 10.1. The zero-order valence-electron chi connectivity index (χ0n) is 11.4. The Balaban J connectivity index is 2.64. The second-order valence-electron chi connectivity index (χ2n) is 4.30. The Kier molecular flexibility index (Phi) is 4.44. The Morgan fingerprint density at radius 1 is 1.43 bits per heavy atom. The molecule has 110 valence electrons. The van der Waals surface area contributed by atoms with E-state index in [1.165, 1.54) is 7.11 Å². The van der Waals surface area contributed by atoms with Crippen LogP contribution in [-0.4, -0.2) is 23.6 Å². The summed E-state index contributed by atoms with van der Waals surface area (Å²) in [7, 11) is 1.26. The number of nitro groups is 1. The van der Waals surface area contributed by atoms with Crippen molar-refractivity contribution in [2.75, 3.05) is 13.7 Å². The number of nitro benzene ring substituents is 1. The van der Waals surface area contributed by atoms with Gasteiger partial charge < -0.3 is 10.5 Å². The molecule has 1 aromatic carbocycles. The standard InChI is InChI=1S/C14H14FN3O3/c1-21-14-8-11(15)10(7-13(14)18(19)20)9-3-2-6-17-12(9)4-5-16/h2-3,6-8H,4-5,16H2,1H3. The Morgan fingerprint density at radius 2 is 2.19 bits per heavy atom. The van der Waals surface area contributed by atoms with Crippen LogP contribution in [0.2, 0.25) is 0 Å². The van der Waals surface area contributed by atoms with Crippen molar-refractivity contribution in [1.82, 2.24) is 4.98 Å². The molecule has 0 radical (unpaired) electrons. The van der Waals surface area contributed by atoms with E-state index in [4.69, 9.17) is 10.5 Å². The molecule has 0 atom stereocenters. The molecule has 6 nitrogen and oxygen atoms in total. The van der Waals surface area contributed by atoms with Gasteiger partial charge in [-0.15, -0.1) is 0 Å². The number of rotatable bonds is 5. The molecule has 1 heterocycles. The van der Waals surface area contributed by atoms with Gasteiger partial charge in [-0.2, -0.15) is 0 Å². The van der Waals surface area contributed by atoms with Crippen LogP contribution in [0.5, 0.6) is 5.75 Å². The molecule has 1 aromatic heterocycles. The van der Waals surface area contributed by atoms with Crippen molar-refractivity contribution in [2.45, 2.75) is 6.42 Å². The van der Waals surface area contributed by atoms with E-state index in [1.807, 2.05) is 0 Å². The lowest BCUT2D eigenvalue weighted by molar-refractivity contribution is -0.385. The molecule has 0 aliphatic heterocycles. The Hall–Kier alpha value is -2.54. The summed E-state index contributed by atoms with van der Waals surface area (Å²) in [6.45, 7) is 0.351. The van der Waals surface area contributed by atoms with E-state index >= 15 is 0 Å². The van der Waals surface area contributed by atoms with Crippen LogP contribution >= 0.6 is 0 Å². The zero-order chi connectivity index (χ0) is 15.4. The molecule has 7 heteroatoms. The molecular weight excluding hydrogens is 277 g/mol. The predicted octanol–water partition coefficient (Wildman–Crippen LogP) is 2.31. The summed E-state index contributed by atoms with van der Waals surface area (Å²) in [6, 6.07) is 5.47. The van der Waals surface area contributed by atoms with Gasteiger partial charge in [-0.05, 0) is 12.6 Å². The highest BCUT2D eigenvalue weighted by molar-refractivity contribution is 5.71. The number of methoxy groups -OCH3 is 1. The Bertz CT molecular complexity index is 677. The van der Waals surface area contributed by atoms with E-state index in [0.29, 0.717) is 24.2 Å². The molecule has 2 aromatic rings. The fraction of sp³-hybridized carbons (Fsp3) is 0.214. The van der Waals surface area contributed by atoms with E-state index < -0.39 is 10.7 Å².